The second-order valence-corrected chi connectivity index (χ2v) is 6.23. The zero-order valence-corrected chi connectivity index (χ0v) is 11.7. The van der Waals surface area contributed by atoms with Gasteiger partial charge in [0.15, 0.2) is 0 Å². The lowest BCUT2D eigenvalue weighted by Crippen LogP contribution is -2.43. The molecular formula is C15H23NS. The van der Waals surface area contributed by atoms with Crippen molar-refractivity contribution in [3.8, 4) is 0 Å². The van der Waals surface area contributed by atoms with Crippen molar-refractivity contribution in [1.29, 1.82) is 0 Å². The van der Waals surface area contributed by atoms with E-state index in [2.05, 4.69) is 49.1 Å². The molecule has 0 N–H and O–H groups in total. The van der Waals surface area contributed by atoms with Crippen molar-refractivity contribution >= 4 is 11.8 Å². The Morgan fingerprint density at radius 2 is 2.00 bits per heavy atom. The molecular weight excluding hydrogens is 226 g/mol. The van der Waals surface area contributed by atoms with Gasteiger partial charge in [-0.2, -0.15) is 0 Å². The topological polar surface area (TPSA) is 3.24 Å². The molecule has 17 heavy (non-hydrogen) atoms. The summed E-state index contributed by atoms with van der Waals surface area (Å²) in [5, 5.41) is 0. The Bertz CT molecular complexity index is 325. The Morgan fingerprint density at radius 1 is 1.24 bits per heavy atom. The number of thioether (sulfide) groups is 1. The molecule has 1 saturated heterocycles. The smallest absolute Gasteiger partial charge is 0.0108 e. The number of rotatable bonds is 4. The average Bonchev–Trinajstić information content (AvgIpc) is 2.36. The van der Waals surface area contributed by atoms with Crippen LogP contribution in [0.5, 0.6) is 0 Å². The third kappa shape index (κ3) is 3.75. The fraction of sp³-hybridized carbons (Fsp3) is 0.600. The van der Waals surface area contributed by atoms with Crippen LogP contribution in [0, 0.1) is 5.92 Å². The van der Waals surface area contributed by atoms with Gasteiger partial charge in [0.25, 0.3) is 0 Å². The summed E-state index contributed by atoms with van der Waals surface area (Å²) in [6.07, 6.45) is 2.78. The number of hydrogen-bond acceptors (Lipinski definition) is 2. The first-order valence-electron chi connectivity index (χ1n) is 6.69. The molecule has 1 aromatic rings. The Morgan fingerprint density at radius 3 is 2.76 bits per heavy atom. The molecule has 2 atom stereocenters. The van der Waals surface area contributed by atoms with E-state index in [4.69, 9.17) is 0 Å². The Kier molecular flexibility index (Phi) is 4.93. The molecule has 2 heteroatoms. The summed E-state index contributed by atoms with van der Waals surface area (Å²) in [4.78, 5) is 4.05. The maximum atomic E-state index is 2.66. The maximum absolute atomic E-state index is 2.66. The quantitative estimate of drug-likeness (QED) is 0.745. The monoisotopic (exact) mass is 249 g/mol. The molecule has 0 aromatic heterocycles. The van der Waals surface area contributed by atoms with Gasteiger partial charge in [0.2, 0.25) is 0 Å². The van der Waals surface area contributed by atoms with Gasteiger partial charge in [0.1, 0.15) is 0 Å². The fourth-order valence-corrected chi connectivity index (χ4v) is 3.45. The molecule has 1 aliphatic heterocycles. The molecule has 1 aliphatic rings. The zero-order valence-electron chi connectivity index (χ0n) is 10.9. The van der Waals surface area contributed by atoms with E-state index in [1.807, 2.05) is 11.8 Å². The number of benzene rings is 1. The molecule has 1 nitrogen and oxygen atoms in total. The highest BCUT2D eigenvalue weighted by Gasteiger charge is 2.23. The minimum atomic E-state index is 0.764. The molecule has 1 fully saturated rings. The van der Waals surface area contributed by atoms with Gasteiger partial charge in [-0.25, -0.2) is 0 Å². The van der Waals surface area contributed by atoms with E-state index < -0.39 is 0 Å². The van der Waals surface area contributed by atoms with Gasteiger partial charge in [0, 0.05) is 23.2 Å². The summed E-state index contributed by atoms with van der Waals surface area (Å²) in [5.41, 5.74) is 0. The van der Waals surface area contributed by atoms with Crippen molar-refractivity contribution < 1.29 is 0 Å². The van der Waals surface area contributed by atoms with Gasteiger partial charge in [-0.1, -0.05) is 25.1 Å². The van der Waals surface area contributed by atoms with E-state index in [9.17, 15) is 0 Å². The molecule has 0 amide bonds. The van der Waals surface area contributed by atoms with E-state index >= 15 is 0 Å². The SMILES string of the molecule is CC1CCCN(CCSc2ccccc2)C1C. The number of hydrogen-bond donors (Lipinski definition) is 0. The predicted molar refractivity (Wildman–Crippen MR) is 76.6 cm³/mol. The van der Waals surface area contributed by atoms with Crippen LogP contribution >= 0.6 is 11.8 Å². The number of piperidine rings is 1. The molecule has 0 spiro atoms. The fourth-order valence-electron chi connectivity index (χ4n) is 2.53. The van der Waals surface area contributed by atoms with Crippen molar-refractivity contribution in [1.82, 2.24) is 4.90 Å². The molecule has 0 saturated carbocycles. The first-order valence-corrected chi connectivity index (χ1v) is 7.68. The summed E-state index contributed by atoms with van der Waals surface area (Å²) in [7, 11) is 0. The van der Waals surface area contributed by atoms with E-state index in [0.717, 1.165) is 12.0 Å². The van der Waals surface area contributed by atoms with Crippen LogP contribution in [0.4, 0.5) is 0 Å². The van der Waals surface area contributed by atoms with Crippen LogP contribution in [0.3, 0.4) is 0 Å². The van der Waals surface area contributed by atoms with E-state index in [1.165, 1.54) is 36.6 Å². The predicted octanol–water partition coefficient (Wildman–Crippen LogP) is 3.90. The van der Waals surface area contributed by atoms with Gasteiger partial charge in [-0.3, -0.25) is 4.90 Å². The van der Waals surface area contributed by atoms with Crippen LogP contribution in [-0.2, 0) is 0 Å². The lowest BCUT2D eigenvalue weighted by Gasteiger charge is -2.37. The second kappa shape index (κ2) is 6.46. The van der Waals surface area contributed by atoms with Gasteiger partial charge in [0.05, 0.1) is 0 Å². The van der Waals surface area contributed by atoms with E-state index in [0.29, 0.717) is 0 Å². The lowest BCUT2D eigenvalue weighted by atomic mass is 9.92. The van der Waals surface area contributed by atoms with Crippen molar-refractivity contribution in [3.63, 3.8) is 0 Å². The summed E-state index contributed by atoms with van der Waals surface area (Å²) in [6.45, 7) is 7.30. The van der Waals surface area contributed by atoms with Gasteiger partial charge < -0.3 is 0 Å². The maximum Gasteiger partial charge on any atom is 0.0108 e. The third-order valence-electron chi connectivity index (χ3n) is 3.89. The minimum absolute atomic E-state index is 0.764. The molecule has 0 bridgehead atoms. The summed E-state index contributed by atoms with van der Waals surface area (Å²) in [6, 6.07) is 11.5. The Balaban J connectivity index is 1.75. The summed E-state index contributed by atoms with van der Waals surface area (Å²) in [5.74, 6) is 2.08. The van der Waals surface area contributed by atoms with Crippen LogP contribution in [0.15, 0.2) is 35.2 Å². The number of likely N-dealkylation sites (tertiary alicyclic amines) is 1. The molecule has 2 unspecified atom stereocenters. The normalized spacial score (nSPS) is 26.0. The number of nitrogens with zero attached hydrogens (tertiary/aromatic N) is 1. The summed E-state index contributed by atoms with van der Waals surface area (Å²) >= 11 is 1.98. The van der Waals surface area contributed by atoms with Crippen molar-refractivity contribution in [2.75, 3.05) is 18.8 Å². The third-order valence-corrected chi connectivity index (χ3v) is 4.89. The first kappa shape index (κ1) is 13.0. The highest BCUT2D eigenvalue weighted by Crippen LogP contribution is 2.24. The van der Waals surface area contributed by atoms with Gasteiger partial charge in [-0.15, -0.1) is 11.8 Å². The Labute approximate surface area is 110 Å². The molecule has 2 rings (SSSR count). The Hall–Kier alpha value is -0.470. The van der Waals surface area contributed by atoms with Crippen LogP contribution in [0.25, 0.3) is 0 Å². The van der Waals surface area contributed by atoms with Gasteiger partial charge in [-0.05, 0) is 44.4 Å². The second-order valence-electron chi connectivity index (χ2n) is 5.06. The average molecular weight is 249 g/mol. The largest absolute Gasteiger partial charge is 0.300 e. The first-order chi connectivity index (χ1) is 8.27. The van der Waals surface area contributed by atoms with Gasteiger partial charge >= 0.3 is 0 Å². The summed E-state index contributed by atoms with van der Waals surface area (Å²) < 4.78 is 0. The molecule has 0 aliphatic carbocycles. The standard InChI is InChI=1S/C15H23NS/c1-13-7-6-10-16(14(13)2)11-12-17-15-8-4-3-5-9-15/h3-5,8-9,13-14H,6-7,10-12H2,1-2H3. The lowest BCUT2D eigenvalue weighted by molar-refractivity contribution is 0.122. The van der Waals surface area contributed by atoms with E-state index in [-0.39, 0.29) is 0 Å². The molecule has 1 aromatic carbocycles. The highest BCUT2D eigenvalue weighted by atomic mass is 32.2. The van der Waals surface area contributed by atoms with Crippen LogP contribution in [0.1, 0.15) is 26.7 Å². The zero-order chi connectivity index (χ0) is 12.1. The van der Waals surface area contributed by atoms with Crippen LogP contribution < -0.4 is 0 Å². The van der Waals surface area contributed by atoms with Crippen LogP contribution in [-0.4, -0.2) is 29.8 Å². The highest BCUT2D eigenvalue weighted by molar-refractivity contribution is 7.99. The van der Waals surface area contributed by atoms with E-state index in [1.54, 1.807) is 0 Å². The van der Waals surface area contributed by atoms with Crippen molar-refractivity contribution in [2.45, 2.75) is 37.6 Å². The molecule has 0 radical (unpaired) electrons. The minimum Gasteiger partial charge on any atom is -0.300 e. The van der Waals surface area contributed by atoms with Crippen molar-refractivity contribution in [2.24, 2.45) is 5.92 Å². The molecule has 94 valence electrons. The van der Waals surface area contributed by atoms with Crippen molar-refractivity contribution in [3.05, 3.63) is 30.3 Å². The molecule has 1 heterocycles. The van der Waals surface area contributed by atoms with Crippen LogP contribution in [0.2, 0.25) is 0 Å².